The zero-order valence-electron chi connectivity index (χ0n) is 17.8. The first-order valence-corrected chi connectivity index (χ1v) is 10.7. The van der Waals surface area contributed by atoms with E-state index in [9.17, 15) is 10.1 Å². The molecule has 0 aliphatic carbocycles. The van der Waals surface area contributed by atoms with Crippen LogP contribution in [0.2, 0.25) is 0 Å². The second-order valence-electron chi connectivity index (χ2n) is 7.71. The third-order valence-corrected chi connectivity index (χ3v) is 5.59. The van der Waals surface area contributed by atoms with Gasteiger partial charge in [-0.2, -0.15) is 0 Å². The maximum absolute atomic E-state index is 11.9. The Bertz CT molecular complexity index is 1400. The van der Waals surface area contributed by atoms with Gasteiger partial charge in [0.2, 0.25) is 0 Å². The van der Waals surface area contributed by atoms with Crippen molar-refractivity contribution < 1.29 is 4.92 Å². The van der Waals surface area contributed by atoms with Crippen LogP contribution in [-0.2, 0) is 6.54 Å². The molecule has 5 aromatic rings. The number of para-hydroxylation sites is 1. The number of nitrogens with zero attached hydrogens (tertiary/aromatic N) is 3. The second kappa shape index (κ2) is 8.93. The third-order valence-electron chi connectivity index (χ3n) is 5.59. The van der Waals surface area contributed by atoms with Crippen LogP contribution in [-0.4, -0.2) is 14.5 Å². The highest BCUT2D eigenvalue weighted by molar-refractivity contribution is 5.83. The van der Waals surface area contributed by atoms with Gasteiger partial charge in [0.25, 0.3) is 5.69 Å². The van der Waals surface area contributed by atoms with Crippen LogP contribution in [0.5, 0.6) is 0 Å². The van der Waals surface area contributed by atoms with Crippen LogP contribution in [0, 0.1) is 10.1 Å². The van der Waals surface area contributed by atoms with E-state index in [0.29, 0.717) is 17.9 Å². The van der Waals surface area contributed by atoms with Gasteiger partial charge in [0.1, 0.15) is 5.82 Å². The minimum atomic E-state index is -0.346. The lowest BCUT2D eigenvalue weighted by Gasteiger charge is -2.14. The van der Waals surface area contributed by atoms with Gasteiger partial charge in [0.15, 0.2) is 0 Å². The summed E-state index contributed by atoms with van der Waals surface area (Å²) in [7, 11) is 0. The van der Waals surface area contributed by atoms with Crippen molar-refractivity contribution in [2.45, 2.75) is 6.54 Å². The minimum absolute atomic E-state index is 0.0380. The van der Waals surface area contributed by atoms with E-state index >= 15 is 0 Å². The molecule has 0 fully saturated rings. The van der Waals surface area contributed by atoms with Gasteiger partial charge in [0.05, 0.1) is 21.9 Å². The number of benzene rings is 4. The molecular weight excluding hydrogens is 410 g/mol. The monoisotopic (exact) mass is 431 g/mol. The fourth-order valence-corrected chi connectivity index (χ4v) is 4.09. The topological polar surface area (TPSA) is 61.0 Å². The minimum Gasteiger partial charge on any atom is -0.319 e. The standard InChI is InChI=1S/C28H21N3O2/c32-31(33)25-19-11-10-18-24(25)28-29-26(22-14-6-2-7-15-22)27(23-16-8-3-9-17-23)30(28)20-21-12-4-1-5-13-21/h1-19H,20H2. The molecule has 5 nitrogen and oxygen atoms in total. The summed E-state index contributed by atoms with van der Waals surface area (Å²) in [5.74, 6) is 0.573. The molecule has 5 rings (SSSR count). The first-order chi connectivity index (χ1) is 16.2. The predicted octanol–water partition coefficient (Wildman–Crippen LogP) is 6.84. The van der Waals surface area contributed by atoms with Crippen molar-refractivity contribution in [3.8, 4) is 33.9 Å². The van der Waals surface area contributed by atoms with Crippen LogP contribution in [0.15, 0.2) is 115 Å². The van der Waals surface area contributed by atoms with Crippen molar-refractivity contribution in [1.82, 2.24) is 9.55 Å². The molecule has 160 valence electrons. The van der Waals surface area contributed by atoms with E-state index in [1.807, 2.05) is 84.9 Å². The predicted molar refractivity (Wildman–Crippen MR) is 131 cm³/mol. The maximum atomic E-state index is 11.9. The van der Waals surface area contributed by atoms with Crippen molar-refractivity contribution in [2.24, 2.45) is 0 Å². The summed E-state index contributed by atoms with van der Waals surface area (Å²) in [6.07, 6.45) is 0. The number of imidazole rings is 1. The lowest BCUT2D eigenvalue weighted by molar-refractivity contribution is -0.384. The number of nitro benzene ring substituents is 1. The molecule has 0 amide bonds. The van der Waals surface area contributed by atoms with E-state index in [0.717, 1.165) is 28.1 Å². The van der Waals surface area contributed by atoms with Crippen LogP contribution in [0.4, 0.5) is 5.69 Å². The number of hydrogen-bond acceptors (Lipinski definition) is 3. The van der Waals surface area contributed by atoms with Gasteiger partial charge in [-0.3, -0.25) is 10.1 Å². The molecule has 0 spiro atoms. The highest BCUT2D eigenvalue weighted by atomic mass is 16.6. The molecule has 0 N–H and O–H groups in total. The average Bonchev–Trinajstić information content (AvgIpc) is 3.24. The van der Waals surface area contributed by atoms with Crippen molar-refractivity contribution in [3.63, 3.8) is 0 Å². The van der Waals surface area contributed by atoms with E-state index in [1.54, 1.807) is 12.1 Å². The fraction of sp³-hybridized carbons (Fsp3) is 0.0357. The molecular formula is C28H21N3O2. The van der Waals surface area contributed by atoms with Gasteiger partial charge in [-0.05, 0) is 11.6 Å². The number of aromatic nitrogens is 2. The van der Waals surface area contributed by atoms with Crippen LogP contribution < -0.4 is 0 Å². The van der Waals surface area contributed by atoms with Crippen molar-refractivity contribution in [1.29, 1.82) is 0 Å². The molecule has 0 unspecified atom stereocenters. The molecule has 1 aromatic heterocycles. The summed E-state index contributed by atoms with van der Waals surface area (Å²) in [6.45, 7) is 0.534. The Morgan fingerprint density at radius 3 is 1.88 bits per heavy atom. The molecule has 0 radical (unpaired) electrons. The average molecular weight is 431 g/mol. The Labute approximate surface area is 191 Å². The molecule has 1 heterocycles. The summed E-state index contributed by atoms with van der Waals surface area (Å²) < 4.78 is 2.09. The Morgan fingerprint density at radius 2 is 1.24 bits per heavy atom. The Balaban J connectivity index is 1.84. The first-order valence-electron chi connectivity index (χ1n) is 10.7. The highest BCUT2D eigenvalue weighted by Crippen LogP contribution is 2.39. The second-order valence-corrected chi connectivity index (χ2v) is 7.71. The molecule has 0 aliphatic heterocycles. The number of hydrogen-bond donors (Lipinski definition) is 0. The zero-order chi connectivity index (χ0) is 22.6. The molecule has 4 aromatic carbocycles. The van der Waals surface area contributed by atoms with Gasteiger partial charge in [-0.1, -0.05) is 103 Å². The third kappa shape index (κ3) is 4.04. The lowest BCUT2D eigenvalue weighted by Crippen LogP contribution is -2.05. The molecule has 0 saturated carbocycles. The summed E-state index contributed by atoms with van der Waals surface area (Å²) in [4.78, 5) is 16.5. The normalized spacial score (nSPS) is 10.8. The number of rotatable bonds is 6. The Morgan fingerprint density at radius 1 is 0.697 bits per heavy atom. The SMILES string of the molecule is O=[N+]([O-])c1ccccc1-c1nc(-c2ccccc2)c(-c2ccccc2)n1Cc1ccccc1. The van der Waals surface area contributed by atoms with E-state index < -0.39 is 0 Å². The molecule has 0 bridgehead atoms. The molecule has 0 aliphatic rings. The van der Waals surface area contributed by atoms with Crippen LogP contribution in [0.25, 0.3) is 33.9 Å². The van der Waals surface area contributed by atoms with E-state index in [1.165, 1.54) is 6.07 Å². The fourth-order valence-electron chi connectivity index (χ4n) is 4.09. The largest absolute Gasteiger partial charge is 0.319 e. The molecule has 0 saturated heterocycles. The number of nitro groups is 1. The van der Waals surface area contributed by atoms with Crippen LogP contribution in [0.3, 0.4) is 0 Å². The first kappa shape index (κ1) is 20.4. The summed E-state index contributed by atoms with van der Waals surface area (Å²) in [5, 5.41) is 11.9. The summed E-state index contributed by atoms with van der Waals surface area (Å²) in [6, 6.07) is 36.9. The smallest absolute Gasteiger partial charge is 0.280 e. The van der Waals surface area contributed by atoms with Gasteiger partial charge in [-0.15, -0.1) is 0 Å². The van der Waals surface area contributed by atoms with Gasteiger partial charge in [-0.25, -0.2) is 4.98 Å². The van der Waals surface area contributed by atoms with Crippen molar-refractivity contribution in [2.75, 3.05) is 0 Å². The van der Waals surface area contributed by atoms with Crippen LogP contribution in [0.1, 0.15) is 5.56 Å². The highest BCUT2D eigenvalue weighted by Gasteiger charge is 2.25. The van der Waals surface area contributed by atoms with E-state index in [-0.39, 0.29) is 10.6 Å². The van der Waals surface area contributed by atoms with Gasteiger partial charge < -0.3 is 4.57 Å². The van der Waals surface area contributed by atoms with Gasteiger partial charge >= 0.3 is 0 Å². The summed E-state index contributed by atoms with van der Waals surface area (Å²) >= 11 is 0. The van der Waals surface area contributed by atoms with E-state index in [4.69, 9.17) is 4.98 Å². The quantitative estimate of drug-likeness (QED) is 0.218. The van der Waals surface area contributed by atoms with Gasteiger partial charge in [0, 0.05) is 23.7 Å². The Kier molecular flexibility index (Phi) is 5.52. The maximum Gasteiger partial charge on any atom is 0.280 e. The lowest BCUT2D eigenvalue weighted by atomic mass is 10.0. The zero-order valence-corrected chi connectivity index (χ0v) is 17.8. The van der Waals surface area contributed by atoms with E-state index in [2.05, 4.69) is 16.7 Å². The molecule has 33 heavy (non-hydrogen) atoms. The van der Waals surface area contributed by atoms with Crippen molar-refractivity contribution >= 4 is 5.69 Å². The molecule has 5 heteroatoms. The Hall–Kier alpha value is -4.51. The molecule has 0 atom stereocenters. The van der Waals surface area contributed by atoms with Crippen molar-refractivity contribution in [3.05, 3.63) is 131 Å². The summed E-state index contributed by atoms with van der Waals surface area (Å²) in [5.41, 5.74) is 5.32. The van der Waals surface area contributed by atoms with Crippen LogP contribution >= 0.6 is 0 Å².